The summed E-state index contributed by atoms with van der Waals surface area (Å²) in [5.74, 6) is -0.493. The van der Waals surface area contributed by atoms with Gasteiger partial charge >= 0.3 is 0 Å². The van der Waals surface area contributed by atoms with Crippen molar-refractivity contribution in [3.05, 3.63) is 30.1 Å². The second-order valence-electron chi connectivity index (χ2n) is 4.63. The van der Waals surface area contributed by atoms with Crippen LogP contribution in [0.15, 0.2) is 24.5 Å². The zero-order valence-corrected chi connectivity index (χ0v) is 10.1. The van der Waals surface area contributed by atoms with Gasteiger partial charge in [0.25, 0.3) is 0 Å². The first-order valence-electron chi connectivity index (χ1n) is 5.43. The van der Waals surface area contributed by atoms with Crippen LogP contribution in [0.1, 0.15) is 19.4 Å². The Bertz CT molecular complexity index is 365. The number of aromatic nitrogens is 1. The van der Waals surface area contributed by atoms with Crippen molar-refractivity contribution < 1.29 is 15.0 Å². The van der Waals surface area contributed by atoms with E-state index in [1.807, 2.05) is 6.07 Å². The molecule has 1 aromatic heterocycles. The van der Waals surface area contributed by atoms with Gasteiger partial charge in [-0.1, -0.05) is 19.9 Å². The third kappa shape index (κ3) is 3.80. The summed E-state index contributed by atoms with van der Waals surface area (Å²) in [7, 11) is 0. The van der Waals surface area contributed by atoms with E-state index in [0.29, 0.717) is 6.54 Å². The Morgan fingerprint density at radius 1 is 1.59 bits per heavy atom. The lowest BCUT2D eigenvalue weighted by molar-refractivity contribution is -0.137. The van der Waals surface area contributed by atoms with Gasteiger partial charge < -0.3 is 15.5 Å². The summed E-state index contributed by atoms with van der Waals surface area (Å²) < 4.78 is 0. The van der Waals surface area contributed by atoms with Gasteiger partial charge in [0.15, 0.2) is 0 Å². The molecule has 0 aromatic carbocycles. The minimum Gasteiger partial charge on any atom is -0.396 e. The molecule has 0 radical (unpaired) electrons. The fourth-order valence-corrected chi connectivity index (χ4v) is 1.23. The van der Waals surface area contributed by atoms with E-state index in [2.05, 4.69) is 10.3 Å². The Labute approximate surface area is 101 Å². The van der Waals surface area contributed by atoms with Crippen LogP contribution in [0.3, 0.4) is 0 Å². The Hall–Kier alpha value is -1.46. The third-order valence-corrected chi connectivity index (χ3v) is 2.59. The summed E-state index contributed by atoms with van der Waals surface area (Å²) in [6.45, 7) is 3.31. The van der Waals surface area contributed by atoms with Gasteiger partial charge in [-0.2, -0.15) is 0 Å². The molecule has 5 nitrogen and oxygen atoms in total. The lowest BCUT2D eigenvalue weighted by Crippen LogP contribution is -2.45. The zero-order chi connectivity index (χ0) is 12.9. The van der Waals surface area contributed by atoms with Crippen LogP contribution < -0.4 is 5.32 Å². The van der Waals surface area contributed by atoms with Gasteiger partial charge in [-0.25, -0.2) is 0 Å². The first kappa shape index (κ1) is 13.6. The molecule has 1 amide bonds. The molecule has 0 bridgehead atoms. The minimum absolute atomic E-state index is 0.255. The second kappa shape index (κ2) is 5.75. The number of aliphatic hydroxyl groups is 2. The molecular weight excluding hydrogens is 220 g/mol. The standard InChI is InChI=1S/C12H18N2O3/c1-12(2,8-15)10(16)11(17)14-7-9-4-3-5-13-6-9/h3-6,10,15-16H,7-8H2,1-2H3,(H,14,17). The summed E-state index contributed by atoms with van der Waals surface area (Å²) in [6, 6.07) is 3.60. The van der Waals surface area contributed by atoms with E-state index in [4.69, 9.17) is 5.11 Å². The van der Waals surface area contributed by atoms with Crippen molar-refractivity contribution in [3.63, 3.8) is 0 Å². The second-order valence-corrected chi connectivity index (χ2v) is 4.63. The Morgan fingerprint density at radius 3 is 2.82 bits per heavy atom. The van der Waals surface area contributed by atoms with Crippen LogP contribution in [0.25, 0.3) is 0 Å². The van der Waals surface area contributed by atoms with E-state index < -0.39 is 17.4 Å². The summed E-state index contributed by atoms with van der Waals surface area (Å²) in [5, 5.41) is 21.4. The third-order valence-electron chi connectivity index (χ3n) is 2.59. The highest BCUT2D eigenvalue weighted by molar-refractivity contribution is 5.81. The first-order chi connectivity index (χ1) is 7.97. The van der Waals surface area contributed by atoms with Gasteiger partial charge in [0.2, 0.25) is 5.91 Å². The predicted octanol–water partition coefficient (Wildman–Crippen LogP) is 0.0772. The number of nitrogens with one attached hydrogen (secondary N) is 1. The maximum atomic E-state index is 11.6. The molecule has 0 spiro atoms. The number of hydrogen-bond donors (Lipinski definition) is 3. The summed E-state index contributed by atoms with van der Waals surface area (Å²) in [6.07, 6.45) is 2.06. The Morgan fingerprint density at radius 2 is 2.29 bits per heavy atom. The number of amides is 1. The molecule has 94 valence electrons. The predicted molar refractivity (Wildman–Crippen MR) is 63.0 cm³/mol. The quantitative estimate of drug-likeness (QED) is 0.678. The molecular formula is C12H18N2O3. The smallest absolute Gasteiger partial charge is 0.249 e. The van der Waals surface area contributed by atoms with Gasteiger partial charge in [-0.3, -0.25) is 9.78 Å². The van der Waals surface area contributed by atoms with Crippen molar-refractivity contribution in [2.45, 2.75) is 26.5 Å². The fraction of sp³-hybridized carbons (Fsp3) is 0.500. The monoisotopic (exact) mass is 238 g/mol. The van der Waals surface area contributed by atoms with Crippen molar-refractivity contribution in [3.8, 4) is 0 Å². The molecule has 0 aliphatic rings. The molecule has 1 atom stereocenters. The molecule has 1 rings (SSSR count). The molecule has 1 aromatic rings. The van der Waals surface area contributed by atoms with Crippen molar-refractivity contribution in [1.29, 1.82) is 0 Å². The average Bonchev–Trinajstić information content (AvgIpc) is 2.36. The lowest BCUT2D eigenvalue weighted by atomic mass is 9.87. The number of carbonyl (C=O) groups is 1. The zero-order valence-electron chi connectivity index (χ0n) is 10.1. The highest BCUT2D eigenvalue weighted by Gasteiger charge is 2.32. The highest BCUT2D eigenvalue weighted by Crippen LogP contribution is 2.19. The summed E-state index contributed by atoms with van der Waals surface area (Å²) in [4.78, 5) is 15.5. The van der Waals surface area contributed by atoms with Crippen LogP contribution in [0.4, 0.5) is 0 Å². The number of hydrogen-bond acceptors (Lipinski definition) is 4. The normalized spacial score (nSPS) is 13.2. The minimum atomic E-state index is -1.23. The maximum Gasteiger partial charge on any atom is 0.249 e. The molecule has 0 aliphatic carbocycles. The van der Waals surface area contributed by atoms with E-state index >= 15 is 0 Å². The lowest BCUT2D eigenvalue weighted by Gasteiger charge is -2.27. The fourth-order valence-electron chi connectivity index (χ4n) is 1.23. The first-order valence-corrected chi connectivity index (χ1v) is 5.43. The summed E-state index contributed by atoms with van der Waals surface area (Å²) in [5.41, 5.74) is 0.00815. The SMILES string of the molecule is CC(C)(CO)C(O)C(=O)NCc1cccnc1. The number of pyridine rings is 1. The molecule has 1 heterocycles. The molecule has 3 N–H and O–H groups in total. The largest absolute Gasteiger partial charge is 0.396 e. The van der Waals surface area contributed by atoms with E-state index in [1.54, 1.807) is 32.3 Å². The number of nitrogens with zero attached hydrogens (tertiary/aromatic N) is 1. The number of rotatable bonds is 5. The van der Waals surface area contributed by atoms with Gasteiger partial charge in [0.1, 0.15) is 6.10 Å². The maximum absolute atomic E-state index is 11.6. The Balaban J connectivity index is 2.51. The van der Waals surface area contributed by atoms with Crippen LogP contribution in [-0.4, -0.2) is 33.8 Å². The van der Waals surface area contributed by atoms with Crippen LogP contribution >= 0.6 is 0 Å². The van der Waals surface area contributed by atoms with E-state index in [9.17, 15) is 9.90 Å². The van der Waals surface area contributed by atoms with Crippen molar-refractivity contribution in [1.82, 2.24) is 10.3 Å². The average molecular weight is 238 g/mol. The van der Waals surface area contributed by atoms with Gasteiger partial charge in [0, 0.05) is 24.4 Å². The number of carbonyl (C=O) groups excluding carboxylic acids is 1. The van der Waals surface area contributed by atoms with Gasteiger partial charge in [-0.05, 0) is 11.6 Å². The molecule has 0 aliphatic heterocycles. The van der Waals surface area contributed by atoms with Crippen LogP contribution in [0.5, 0.6) is 0 Å². The van der Waals surface area contributed by atoms with E-state index in [1.165, 1.54) is 0 Å². The van der Waals surface area contributed by atoms with E-state index in [0.717, 1.165) is 5.56 Å². The molecule has 0 fully saturated rings. The Kier molecular flexibility index (Phi) is 4.60. The van der Waals surface area contributed by atoms with Crippen LogP contribution in [0, 0.1) is 5.41 Å². The van der Waals surface area contributed by atoms with Crippen LogP contribution in [-0.2, 0) is 11.3 Å². The summed E-state index contributed by atoms with van der Waals surface area (Å²) >= 11 is 0. The van der Waals surface area contributed by atoms with Gasteiger partial charge in [0.05, 0.1) is 6.61 Å². The molecule has 0 saturated heterocycles. The van der Waals surface area contributed by atoms with Crippen LogP contribution in [0.2, 0.25) is 0 Å². The molecule has 17 heavy (non-hydrogen) atoms. The van der Waals surface area contributed by atoms with Gasteiger partial charge in [-0.15, -0.1) is 0 Å². The van der Waals surface area contributed by atoms with Crippen molar-refractivity contribution >= 4 is 5.91 Å². The molecule has 5 heteroatoms. The topological polar surface area (TPSA) is 82.5 Å². The molecule has 1 unspecified atom stereocenters. The highest BCUT2D eigenvalue weighted by atomic mass is 16.3. The van der Waals surface area contributed by atoms with Crippen molar-refractivity contribution in [2.24, 2.45) is 5.41 Å². The van der Waals surface area contributed by atoms with E-state index in [-0.39, 0.29) is 6.61 Å². The molecule has 0 saturated carbocycles. The number of aliphatic hydroxyl groups excluding tert-OH is 2. The van der Waals surface area contributed by atoms with Crippen molar-refractivity contribution in [2.75, 3.05) is 6.61 Å².